The molecule has 0 unspecified atom stereocenters. The quantitative estimate of drug-likeness (QED) is 0.861. The summed E-state index contributed by atoms with van der Waals surface area (Å²) in [6, 6.07) is 5.76. The van der Waals surface area contributed by atoms with E-state index in [1.807, 2.05) is 0 Å². The second-order valence-corrected chi connectivity index (χ2v) is 6.18. The van der Waals surface area contributed by atoms with Crippen molar-refractivity contribution in [2.75, 3.05) is 25.5 Å². The molecule has 1 aliphatic carbocycles. The number of hydrogen-bond donors (Lipinski definition) is 1. The third kappa shape index (κ3) is 4.62. The fourth-order valence-corrected chi connectivity index (χ4v) is 3.27. The second kappa shape index (κ2) is 8.39. The van der Waals surface area contributed by atoms with Gasteiger partial charge in [0.15, 0.2) is 0 Å². The number of likely N-dealkylation sites (N-methyl/N-ethyl adjacent to an activating group) is 1. The van der Waals surface area contributed by atoms with Crippen LogP contribution in [0.2, 0.25) is 5.02 Å². The van der Waals surface area contributed by atoms with E-state index in [9.17, 15) is 4.79 Å². The van der Waals surface area contributed by atoms with Gasteiger partial charge in [-0.1, -0.05) is 37.8 Å². The largest absolute Gasteiger partial charge is 0.495 e. The van der Waals surface area contributed by atoms with Gasteiger partial charge in [-0.2, -0.15) is 0 Å². The van der Waals surface area contributed by atoms with Crippen molar-refractivity contribution in [3.63, 3.8) is 0 Å². The molecule has 0 radical (unpaired) electrons. The lowest BCUT2D eigenvalue weighted by molar-refractivity contribution is -0.118. The van der Waals surface area contributed by atoms with E-state index >= 15 is 0 Å². The normalized spacial score (nSPS) is 15.8. The van der Waals surface area contributed by atoms with Gasteiger partial charge in [0.1, 0.15) is 5.75 Å². The van der Waals surface area contributed by atoms with Crippen molar-refractivity contribution in [1.82, 2.24) is 4.90 Å². The number of carbonyl (C=O) groups excluding carboxylic acids is 1. The van der Waals surface area contributed by atoms with E-state index in [-0.39, 0.29) is 5.91 Å². The molecule has 0 spiro atoms. The average Bonchev–Trinajstić information content (AvgIpc) is 2.53. The van der Waals surface area contributed by atoms with Crippen LogP contribution in [0.25, 0.3) is 0 Å². The van der Waals surface area contributed by atoms with Gasteiger partial charge in [-0.15, -0.1) is 0 Å². The molecule has 1 amide bonds. The van der Waals surface area contributed by atoms with Gasteiger partial charge >= 0.3 is 0 Å². The highest BCUT2D eigenvalue weighted by Gasteiger charge is 2.22. The van der Waals surface area contributed by atoms with Crippen molar-refractivity contribution in [2.24, 2.45) is 0 Å². The maximum absolute atomic E-state index is 12.4. The van der Waals surface area contributed by atoms with Crippen LogP contribution < -0.4 is 10.1 Å². The minimum Gasteiger partial charge on any atom is -0.495 e. The Balaban J connectivity index is 1.97. The number of methoxy groups -OCH3 is 1. The van der Waals surface area contributed by atoms with Crippen LogP contribution in [0.5, 0.6) is 5.75 Å². The first-order chi connectivity index (χ1) is 10.6. The van der Waals surface area contributed by atoms with E-state index in [1.165, 1.54) is 32.1 Å². The van der Waals surface area contributed by atoms with Crippen molar-refractivity contribution in [2.45, 2.75) is 45.1 Å². The lowest BCUT2D eigenvalue weighted by atomic mass is 9.94. The van der Waals surface area contributed by atoms with Gasteiger partial charge in [-0.3, -0.25) is 9.69 Å². The standard InChI is InChI=1S/C17H25ClN2O2/c1-3-20(14-7-5-4-6-8-14)12-17(21)19-15-11-13(18)9-10-16(15)22-2/h9-11,14H,3-8,12H2,1-2H3,(H,19,21). The summed E-state index contributed by atoms with van der Waals surface area (Å²) in [5.74, 6) is 0.603. The van der Waals surface area contributed by atoms with Crippen LogP contribution in [-0.4, -0.2) is 37.0 Å². The van der Waals surface area contributed by atoms with Crippen LogP contribution in [0.3, 0.4) is 0 Å². The molecule has 1 N–H and O–H groups in total. The fraction of sp³-hybridized carbons (Fsp3) is 0.588. The Morgan fingerprint density at radius 3 is 2.73 bits per heavy atom. The van der Waals surface area contributed by atoms with E-state index in [0.29, 0.717) is 29.0 Å². The second-order valence-electron chi connectivity index (χ2n) is 5.75. The number of nitrogens with one attached hydrogen (secondary N) is 1. The highest BCUT2D eigenvalue weighted by molar-refractivity contribution is 6.31. The van der Waals surface area contributed by atoms with Gasteiger partial charge in [0.05, 0.1) is 19.3 Å². The Labute approximate surface area is 137 Å². The van der Waals surface area contributed by atoms with Crippen LogP contribution >= 0.6 is 11.6 Å². The third-order valence-electron chi connectivity index (χ3n) is 4.28. The minimum absolute atomic E-state index is 0.0204. The van der Waals surface area contributed by atoms with Crippen LogP contribution in [0.1, 0.15) is 39.0 Å². The Bertz CT molecular complexity index is 501. The molecule has 0 saturated heterocycles. The van der Waals surface area contributed by atoms with Gasteiger partial charge in [-0.05, 0) is 37.6 Å². The zero-order valence-electron chi connectivity index (χ0n) is 13.4. The van der Waals surface area contributed by atoms with Crippen molar-refractivity contribution < 1.29 is 9.53 Å². The Morgan fingerprint density at radius 1 is 1.36 bits per heavy atom. The predicted molar refractivity (Wildman–Crippen MR) is 90.8 cm³/mol. The molecule has 5 heteroatoms. The zero-order valence-corrected chi connectivity index (χ0v) is 14.2. The van der Waals surface area contributed by atoms with Crippen LogP contribution in [0.15, 0.2) is 18.2 Å². The summed E-state index contributed by atoms with van der Waals surface area (Å²) in [7, 11) is 1.58. The average molecular weight is 325 g/mol. The van der Waals surface area contributed by atoms with Crippen LogP contribution in [0.4, 0.5) is 5.69 Å². The molecule has 0 bridgehead atoms. The lowest BCUT2D eigenvalue weighted by Crippen LogP contribution is -2.41. The van der Waals surface area contributed by atoms with Crippen LogP contribution in [0, 0.1) is 0 Å². The molecule has 122 valence electrons. The van der Waals surface area contributed by atoms with Crippen LogP contribution in [-0.2, 0) is 4.79 Å². The fourth-order valence-electron chi connectivity index (χ4n) is 3.10. The molecule has 1 saturated carbocycles. The molecule has 1 aromatic carbocycles. The summed E-state index contributed by atoms with van der Waals surface area (Å²) < 4.78 is 5.26. The maximum atomic E-state index is 12.4. The summed E-state index contributed by atoms with van der Waals surface area (Å²) in [5, 5.41) is 3.50. The first-order valence-electron chi connectivity index (χ1n) is 8.01. The number of benzene rings is 1. The first kappa shape index (κ1) is 17.1. The maximum Gasteiger partial charge on any atom is 0.238 e. The van der Waals surface area contributed by atoms with Crippen molar-refractivity contribution in [3.8, 4) is 5.75 Å². The number of ether oxygens (including phenoxy) is 1. The Hall–Kier alpha value is -1.26. The van der Waals surface area contributed by atoms with E-state index in [0.717, 1.165) is 6.54 Å². The lowest BCUT2D eigenvalue weighted by Gasteiger charge is -2.33. The SMILES string of the molecule is CCN(CC(=O)Nc1cc(Cl)ccc1OC)C1CCCCC1. The number of anilines is 1. The summed E-state index contributed by atoms with van der Waals surface area (Å²) in [6.07, 6.45) is 6.25. The summed E-state index contributed by atoms with van der Waals surface area (Å²) in [6.45, 7) is 3.42. The highest BCUT2D eigenvalue weighted by Crippen LogP contribution is 2.28. The number of amides is 1. The first-order valence-corrected chi connectivity index (χ1v) is 8.39. The molecular weight excluding hydrogens is 300 g/mol. The van der Waals surface area contributed by atoms with Gasteiger partial charge in [0, 0.05) is 11.1 Å². The zero-order chi connectivity index (χ0) is 15.9. The molecule has 0 atom stereocenters. The molecule has 0 aliphatic heterocycles. The van der Waals surface area contributed by atoms with Gasteiger partial charge < -0.3 is 10.1 Å². The molecule has 1 aliphatic rings. The smallest absolute Gasteiger partial charge is 0.238 e. The number of halogens is 1. The van der Waals surface area contributed by atoms with Gasteiger partial charge in [0.25, 0.3) is 0 Å². The highest BCUT2D eigenvalue weighted by atomic mass is 35.5. The van der Waals surface area contributed by atoms with E-state index < -0.39 is 0 Å². The van der Waals surface area contributed by atoms with Gasteiger partial charge in [0.2, 0.25) is 5.91 Å². The molecule has 22 heavy (non-hydrogen) atoms. The third-order valence-corrected chi connectivity index (χ3v) is 4.51. The predicted octanol–water partition coefficient (Wildman–Crippen LogP) is 3.94. The summed E-state index contributed by atoms with van der Waals surface area (Å²) in [4.78, 5) is 14.6. The van der Waals surface area contributed by atoms with E-state index in [1.54, 1.807) is 25.3 Å². The van der Waals surface area contributed by atoms with E-state index in [2.05, 4.69) is 17.1 Å². The van der Waals surface area contributed by atoms with E-state index in [4.69, 9.17) is 16.3 Å². The van der Waals surface area contributed by atoms with Crippen molar-refractivity contribution in [3.05, 3.63) is 23.2 Å². The Kier molecular flexibility index (Phi) is 6.52. The number of hydrogen-bond acceptors (Lipinski definition) is 3. The molecule has 4 nitrogen and oxygen atoms in total. The van der Waals surface area contributed by atoms with Gasteiger partial charge in [-0.25, -0.2) is 0 Å². The monoisotopic (exact) mass is 324 g/mol. The summed E-state index contributed by atoms with van der Waals surface area (Å²) in [5.41, 5.74) is 0.625. The number of carbonyl (C=O) groups is 1. The number of rotatable bonds is 6. The molecule has 0 aromatic heterocycles. The van der Waals surface area contributed by atoms with Crippen molar-refractivity contribution in [1.29, 1.82) is 0 Å². The van der Waals surface area contributed by atoms with Crippen molar-refractivity contribution >= 4 is 23.2 Å². The summed E-state index contributed by atoms with van der Waals surface area (Å²) >= 11 is 5.99. The molecular formula is C17H25ClN2O2. The molecule has 0 heterocycles. The molecule has 1 aromatic rings. The topological polar surface area (TPSA) is 41.6 Å². The Morgan fingerprint density at radius 2 is 2.09 bits per heavy atom. The minimum atomic E-state index is -0.0204. The molecule has 1 fully saturated rings. The number of nitrogens with zero attached hydrogens (tertiary/aromatic N) is 1. The molecule has 2 rings (SSSR count).